The minimum absolute atomic E-state index is 0.276. The van der Waals surface area contributed by atoms with Crippen LogP contribution in [0.5, 0.6) is 0 Å². The number of hydrogen-bond acceptors (Lipinski definition) is 5. The zero-order valence-electron chi connectivity index (χ0n) is 18.1. The van der Waals surface area contributed by atoms with Gasteiger partial charge in [-0.3, -0.25) is 9.80 Å². The molecular weight excluding hydrogens is 382 g/mol. The first-order valence-electron chi connectivity index (χ1n) is 10.5. The molecule has 0 saturated carbocycles. The van der Waals surface area contributed by atoms with Gasteiger partial charge in [0.2, 0.25) is 0 Å². The summed E-state index contributed by atoms with van der Waals surface area (Å²) in [4.78, 5) is 22.0. The Morgan fingerprint density at radius 3 is 2.79 bits per heavy atom. The molecule has 1 saturated heterocycles. The fourth-order valence-corrected chi connectivity index (χ4v) is 5.29. The van der Waals surface area contributed by atoms with E-state index in [1.54, 1.807) is 16.2 Å². The Hall–Kier alpha value is -1.92. The summed E-state index contributed by atoms with van der Waals surface area (Å²) in [6.45, 7) is 9.70. The highest BCUT2D eigenvalue weighted by atomic mass is 32.1. The summed E-state index contributed by atoms with van der Waals surface area (Å²) in [5.74, 6) is 0.416. The van der Waals surface area contributed by atoms with E-state index in [1.165, 1.54) is 22.5 Å². The quantitative estimate of drug-likeness (QED) is 0.635. The largest absolute Gasteiger partial charge is 0.443 e. The van der Waals surface area contributed by atoms with Crippen LogP contribution < -0.4 is 0 Å². The smallest absolute Gasteiger partial charge is 0.414 e. The lowest BCUT2D eigenvalue weighted by atomic mass is 9.98. The fraction of sp³-hybridized carbons (Fsp3) is 0.565. The number of aromatic nitrogens is 1. The van der Waals surface area contributed by atoms with E-state index >= 15 is 0 Å². The first-order chi connectivity index (χ1) is 13.7. The second-order valence-electron chi connectivity index (χ2n) is 9.39. The van der Waals surface area contributed by atoms with Crippen LogP contribution in [0.1, 0.15) is 63.6 Å². The number of hydrogen-bond donors (Lipinski definition) is 0. The van der Waals surface area contributed by atoms with Crippen LogP contribution in [-0.2, 0) is 4.74 Å². The Morgan fingerprint density at radius 2 is 2.10 bits per heavy atom. The van der Waals surface area contributed by atoms with Gasteiger partial charge in [0.15, 0.2) is 0 Å². The molecule has 0 aliphatic carbocycles. The molecule has 2 aliphatic rings. The van der Waals surface area contributed by atoms with Crippen molar-refractivity contribution in [2.45, 2.75) is 58.6 Å². The van der Waals surface area contributed by atoms with Crippen molar-refractivity contribution in [3.05, 3.63) is 34.8 Å². The molecule has 2 aliphatic heterocycles. The van der Waals surface area contributed by atoms with Gasteiger partial charge in [0.05, 0.1) is 22.0 Å². The normalized spacial score (nSPS) is 23.5. The number of amides is 1. The van der Waals surface area contributed by atoms with E-state index in [2.05, 4.69) is 43.1 Å². The molecule has 2 aromatic rings. The van der Waals surface area contributed by atoms with Crippen LogP contribution in [0.3, 0.4) is 0 Å². The van der Waals surface area contributed by atoms with Crippen molar-refractivity contribution in [1.29, 1.82) is 0 Å². The van der Waals surface area contributed by atoms with Crippen molar-refractivity contribution in [2.75, 3.05) is 20.1 Å². The molecule has 4 rings (SSSR count). The lowest BCUT2D eigenvalue weighted by Crippen LogP contribution is -2.39. The van der Waals surface area contributed by atoms with Gasteiger partial charge in [-0.05, 0) is 71.7 Å². The molecule has 0 bridgehead atoms. The zero-order valence-corrected chi connectivity index (χ0v) is 18.9. The maximum absolute atomic E-state index is 12.9. The Labute approximate surface area is 177 Å². The lowest BCUT2D eigenvalue weighted by molar-refractivity contribution is 0.0327. The molecule has 0 spiro atoms. The van der Waals surface area contributed by atoms with Gasteiger partial charge in [-0.15, -0.1) is 11.3 Å². The number of fused-ring (bicyclic) bond motifs is 1. The molecule has 29 heavy (non-hydrogen) atoms. The highest BCUT2D eigenvalue weighted by Crippen LogP contribution is 2.37. The van der Waals surface area contributed by atoms with Gasteiger partial charge in [-0.2, -0.15) is 0 Å². The lowest BCUT2D eigenvalue weighted by Gasteiger charge is -2.33. The number of carbonyl (C=O) groups excluding carboxylic acids is 1. The average Bonchev–Trinajstić information content (AvgIpc) is 3.25. The third kappa shape index (κ3) is 4.33. The third-order valence-corrected chi connectivity index (χ3v) is 6.76. The average molecular weight is 414 g/mol. The topological polar surface area (TPSA) is 45.7 Å². The Bertz CT molecular complexity index is 943. The molecule has 156 valence electrons. The van der Waals surface area contributed by atoms with E-state index in [9.17, 15) is 4.79 Å². The van der Waals surface area contributed by atoms with Crippen LogP contribution in [0.25, 0.3) is 15.9 Å². The van der Waals surface area contributed by atoms with Crippen LogP contribution in [0.4, 0.5) is 4.79 Å². The summed E-state index contributed by atoms with van der Waals surface area (Å²) in [7, 11) is 2.18. The van der Waals surface area contributed by atoms with Crippen LogP contribution in [0, 0.1) is 5.92 Å². The maximum Gasteiger partial charge on any atom is 0.414 e. The third-order valence-electron chi connectivity index (χ3n) is 5.62. The van der Waals surface area contributed by atoms with Crippen molar-refractivity contribution in [3.8, 4) is 0 Å². The van der Waals surface area contributed by atoms with Crippen LogP contribution in [0.2, 0.25) is 0 Å². The first kappa shape index (κ1) is 20.4. The molecule has 2 atom stereocenters. The summed E-state index contributed by atoms with van der Waals surface area (Å²) in [6, 6.07) is 6.82. The summed E-state index contributed by atoms with van der Waals surface area (Å²) in [5, 5.41) is 1.20. The Morgan fingerprint density at radius 1 is 1.31 bits per heavy atom. The van der Waals surface area contributed by atoms with E-state index in [1.807, 2.05) is 20.8 Å². The van der Waals surface area contributed by atoms with Gasteiger partial charge in [-0.25, -0.2) is 9.78 Å². The Kier molecular flexibility index (Phi) is 5.42. The van der Waals surface area contributed by atoms with Gasteiger partial charge < -0.3 is 4.74 Å². The molecule has 5 nitrogen and oxygen atoms in total. The van der Waals surface area contributed by atoms with Gasteiger partial charge >= 0.3 is 6.09 Å². The van der Waals surface area contributed by atoms with Crippen LogP contribution in [0.15, 0.2) is 24.3 Å². The van der Waals surface area contributed by atoms with Crippen molar-refractivity contribution in [2.24, 2.45) is 5.92 Å². The number of likely N-dealkylation sites (tertiary alicyclic amines) is 1. The summed E-state index contributed by atoms with van der Waals surface area (Å²) in [6.07, 6.45) is 5.26. The van der Waals surface area contributed by atoms with E-state index in [-0.39, 0.29) is 6.09 Å². The second kappa shape index (κ2) is 7.73. The standard InChI is InChI=1S/C23H31N3O2S/c1-15-8-10-18(26(14-15)22(27)28-23(2,3)4)16-9-11-20-17(13-16)24-21(29-20)19-7-6-12-25(19)5/h9-11,13,15,19H,6-8,12,14H2,1-5H3/t15-,19?/m0/s1. The molecule has 1 fully saturated rings. The van der Waals surface area contributed by atoms with Crippen molar-refractivity contribution >= 4 is 33.3 Å². The summed E-state index contributed by atoms with van der Waals surface area (Å²) in [5.41, 5.74) is 2.48. The minimum Gasteiger partial charge on any atom is -0.443 e. The SMILES string of the molecule is C[C@H]1CC=C(c2ccc3sc(C4CCCN4C)nc3c2)N(C(=O)OC(C)(C)C)C1. The van der Waals surface area contributed by atoms with Gasteiger partial charge in [0.25, 0.3) is 0 Å². The number of nitrogens with zero attached hydrogens (tertiary/aromatic N) is 3. The molecule has 6 heteroatoms. The van der Waals surface area contributed by atoms with Crippen molar-refractivity contribution in [1.82, 2.24) is 14.8 Å². The van der Waals surface area contributed by atoms with E-state index in [4.69, 9.17) is 9.72 Å². The zero-order chi connectivity index (χ0) is 20.8. The molecule has 1 aromatic carbocycles. The molecule has 0 radical (unpaired) electrons. The number of benzene rings is 1. The molecule has 1 aromatic heterocycles. The molecule has 0 N–H and O–H groups in total. The minimum atomic E-state index is -0.510. The summed E-state index contributed by atoms with van der Waals surface area (Å²) >= 11 is 1.79. The molecular formula is C23H31N3O2S. The van der Waals surface area contributed by atoms with Crippen LogP contribution in [-0.4, -0.2) is 46.6 Å². The van der Waals surface area contributed by atoms with Gasteiger partial charge in [0, 0.05) is 12.1 Å². The van der Waals surface area contributed by atoms with E-state index in [0.717, 1.165) is 29.7 Å². The number of thiazole rings is 1. The maximum atomic E-state index is 12.9. The Balaban J connectivity index is 1.65. The van der Waals surface area contributed by atoms with Crippen molar-refractivity contribution in [3.63, 3.8) is 0 Å². The second-order valence-corrected chi connectivity index (χ2v) is 10.5. The van der Waals surface area contributed by atoms with Crippen molar-refractivity contribution < 1.29 is 9.53 Å². The first-order valence-corrected chi connectivity index (χ1v) is 11.3. The molecule has 1 unspecified atom stereocenters. The monoisotopic (exact) mass is 413 g/mol. The predicted octanol–water partition coefficient (Wildman–Crippen LogP) is 5.68. The number of allylic oxidation sites excluding steroid dienone is 1. The van der Waals surface area contributed by atoms with E-state index in [0.29, 0.717) is 18.5 Å². The van der Waals surface area contributed by atoms with Crippen LogP contribution >= 0.6 is 11.3 Å². The number of rotatable bonds is 2. The highest BCUT2D eigenvalue weighted by Gasteiger charge is 2.30. The summed E-state index contributed by atoms with van der Waals surface area (Å²) < 4.78 is 6.88. The van der Waals surface area contributed by atoms with Gasteiger partial charge in [-0.1, -0.05) is 19.1 Å². The number of carbonyl (C=O) groups is 1. The highest BCUT2D eigenvalue weighted by molar-refractivity contribution is 7.18. The fourth-order valence-electron chi connectivity index (χ4n) is 4.14. The predicted molar refractivity (Wildman–Crippen MR) is 119 cm³/mol. The number of ether oxygens (including phenoxy) is 1. The van der Waals surface area contributed by atoms with Gasteiger partial charge in [0.1, 0.15) is 10.6 Å². The molecule has 3 heterocycles. The molecule has 1 amide bonds. The van der Waals surface area contributed by atoms with E-state index < -0.39 is 5.60 Å².